The molecule has 0 bridgehead atoms. The van der Waals surface area contributed by atoms with E-state index in [4.69, 9.17) is 0 Å². The molecule has 1 unspecified atom stereocenters. The zero-order valence-electron chi connectivity index (χ0n) is 23.1. The molecule has 0 aliphatic carbocycles. The molecule has 2 amide bonds. The van der Waals surface area contributed by atoms with Crippen molar-refractivity contribution in [1.82, 2.24) is 20.4 Å². The van der Waals surface area contributed by atoms with Crippen molar-refractivity contribution < 1.29 is 9.59 Å². The van der Waals surface area contributed by atoms with Gasteiger partial charge in [-0.25, -0.2) is 0 Å². The highest BCUT2D eigenvalue weighted by Crippen LogP contribution is 2.23. The van der Waals surface area contributed by atoms with Gasteiger partial charge in [-0.3, -0.25) is 9.59 Å². The smallest absolute Gasteiger partial charge is 0.252 e. The lowest BCUT2D eigenvalue weighted by Gasteiger charge is -2.26. The lowest BCUT2D eigenvalue weighted by Crippen LogP contribution is -2.37. The summed E-state index contributed by atoms with van der Waals surface area (Å²) in [6.45, 7) is 10.2. The molecule has 8 heteroatoms. The van der Waals surface area contributed by atoms with Crippen LogP contribution in [0.15, 0.2) is 22.9 Å². The van der Waals surface area contributed by atoms with Crippen molar-refractivity contribution >= 4 is 34.5 Å². The van der Waals surface area contributed by atoms with Gasteiger partial charge in [-0.15, -0.1) is 22.7 Å². The van der Waals surface area contributed by atoms with E-state index in [0.717, 1.165) is 75.6 Å². The van der Waals surface area contributed by atoms with Crippen LogP contribution in [0.4, 0.5) is 0 Å². The molecular formula is C30H46N4O2S2. The topological polar surface area (TPSA) is 64.7 Å². The van der Waals surface area contributed by atoms with Gasteiger partial charge in [0.25, 0.3) is 11.8 Å². The van der Waals surface area contributed by atoms with Crippen LogP contribution in [-0.2, 0) is 12.8 Å². The first-order chi connectivity index (χ1) is 18.6. The predicted molar refractivity (Wildman–Crippen MR) is 160 cm³/mol. The molecule has 210 valence electrons. The van der Waals surface area contributed by atoms with Crippen molar-refractivity contribution in [2.75, 3.05) is 52.4 Å². The summed E-state index contributed by atoms with van der Waals surface area (Å²) in [4.78, 5) is 32.5. The number of nitrogens with zero attached hydrogens (tertiary/aromatic N) is 2. The molecule has 4 rings (SSSR count). The molecule has 0 aromatic carbocycles. The average Bonchev–Trinajstić information content (AvgIpc) is 3.69. The minimum absolute atomic E-state index is 0.0611. The number of thiophene rings is 2. The number of nitrogens with one attached hydrogen (secondary N) is 2. The van der Waals surface area contributed by atoms with Crippen LogP contribution in [0.25, 0.3) is 0 Å². The number of rotatable bonds is 15. The van der Waals surface area contributed by atoms with Gasteiger partial charge in [0.05, 0.1) is 11.1 Å². The Labute approximate surface area is 237 Å². The second-order valence-electron chi connectivity index (χ2n) is 11.0. The summed E-state index contributed by atoms with van der Waals surface area (Å²) < 4.78 is 0. The van der Waals surface area contributed by atoms with Crippen LogP contribution in [0, 0.1) is 5.92 Å². The predicted octanol–water partition coefficient (Wildman–Crippen LogP) is 5.44. The first-order valence-corrected chi connectivity index (χ1v) is 16.5. The fraction of sp³-hybridized carbons (Fsp3) is 0.667. The molecule has 2 fully saturated rings. The molecule has 0 spiro atoms. The first-order valence-electron chi connectivity index (χ1n) is 14.8. The van der Waals surface area contributed by atoms with Crippen molar-refractivity contribution in [3.63, 3.8) is 0 Å². The number of piperidine rings is 1. The van der Waals surface area contributed by atoms with Crippen LogP contribution in [0.2, 0.25) is 0 Å². The van der Waals surface area contributed by atoms with Gasteiger partial charge in [-0.1, -0.05) is 26.2 Å². The number of carbonyl (C=O) groups is 2. The summed E-state index contributed by atoms with van der Waals surface area (Å²) >= 11 is 3.41. The van der Waals surface area contributed by atoms with E-state index < -0.39 is 0 Å². The lowest BCUT2D eigenvalue weighted by atomic mass is 10.0. The molecule has 4 heterocycles. The molecule has 2 aromatic rings. The second-order valence-corrected chi connectivity index (χ2v) is 13.0. The van der Waals surface area contributed by atoms with E-state index in [1.807, 2.05) is 16.8 Å². The maximum atomic E-state index is 12.5. The fourth-order valence-corrected chi connectivity index (χ4v) is 7.52. The lowest BCUT2D eigenvalue weighted by molar-refractivity contribution is 0.0940. The standard InChI is InChI=1S/C30H46N4O2S2/c1-2-8-27-19-25(22-37-27)29(35)32-13-18-34-16-11-24(21-34)9-4-5-10-28-20-26(23-38-28)30(36)31-12-17-33-14-6-3-7-15-33/h19-20,22-24H,2-18,21H2,1H3,(H,31,36)(H,32,35). The van der Waals surface area contributed by atoms with Crippen molar-refractivity contribution in [3.05, 3.63) is 43.8 Å². The van der Waals surface area contributed by atoms with Gasteiger partial charge in [0.2, 0.25) is 0 Å². The van der Waals surface area contributed by atoms with Crippen molar-refractivity contribution in [1.29, 1.82) is 0 Å². The normalized spacial score (nSPS) is 18.6. The number of unbranched alkanes of at least 4 members (excludes halogenated alkanes) is 1. The number of aryl methyl sites for hydroxylation is 2. The van der Waals surface area contributed by atoms with Crippen LogP contribution >= 0.6 is 22.7 Å². The average molecular weight is 559 g/mol. The van der Waals surface area contributed by atoms with Crippen LogP contribution in [0.3, 0.4) is 0 Å². The van der Waals surface area contributed by atoms with Gasteiger partial charge < -0.3 is 20.4 Å². The highest BCUT2D eigenvalue weighted by Gasteiger charge is 2.22. The molecular weight excluding hydrogens is 512 g/mol. The van der Waals surface area contributed by atoms with Crippen LogP contribution in [0.5, 0.6) is 0 Å². The van der Waals surface area contributed by atoms with Crippen molar-refractivity contribution in [3.8, 4) is 0 Å². The van der Waals surface area contributed by atoms with E-state index in [1.165, 1.54) is 67.8 Å². The fourth-order valence-electron chi connectivity index (χ4n) is 5.63. The number of amides is 2. The van der Waals surface area contributed by atoms with Crippen LogP contribution < -0.4 is 10.6 Å². The highest BCUT2D eigenvalue weighted by molar-refractivity contribution is 7.10. The van der Waals surface area contributed by atoms with Gasteiger partial charge in [-0.2, -0.15) is 0 Å². The van der Waals surface area contributed by atoms with Gasteiger partial charge >= 0.3 is 0 Å². The monoisotopic (exact) mass is 558 g/mol. The van der Waals surface area contributed by atoms with E-state index in [9.17, 15) is 9.59 Å². The molecule has 38 heavy (non-hydrogen) atoms. The SMILES string of the molecule is CCCc1cc(C(=O)NCCN2CCC(CCCCc3cc(C(=O)NCCN4CCCCC4)cs3)C2)cs1. The molecule has 6 nitrogen and oxygen atoms in total. The molecule has 2 aliphatic heterocycles. The van der Waals surface area contributed by atoms with E-state index in [2.05, 4.69) is 33.4 Å². The van der Waals surface area contributed by atoms with Crippen LogP contribution in [-0.4, -0.2) is 74.0 Å². The molecule has 1 atom stereocenters. The highest BCUT2D eigenvalue weighted by atomic mass is 32.1. The maximum absolute atomic E-state index is 12.5. The number of hydrogen-bond acceptors (Lipinski definition) is 6. The Kier molecular flexibility index (Phi) is 12.1. The van der Waals surface area contributed by atoms with E-state index in [-0.39, 0.29) is 11.8 Å². The van der Waals surface area contributed by atoms with Gasteiger partial charge in [0, 0.05) is 53.2 Å². The Bertz CT molecular complexity index is 998. The maximum Gasteiger partial charge on any atom is 0.252 e. The second kappa shape index (κ2) is 15.8. The van der Waals surface area contributed by atoms with Gasteiger partial charge in [0.1, 0.15) is 0 Å². The Morgan fingerprint density at radius 3 is 2.13 bits per heavy atom. The summed E-state index contributed by atoms with van der Waals surface area (Å²) in [5, 5.41) is 10.2. The summed E-state index contributed by atoms with van der Waals surface area (Å²) in [7, 11) is 0. The van der Waals surface area contributed by atoms with E-state index >= 15 is 0 Å². The molecule has 2 N–H and O–H groups in total. The molecule has 2 saturated heterocycles. The number of carbonyl (C=O) groups excluding carboxylic acids is 2. The Hall–Kier alpha value is -1.74. The summed E-state index contributed by atoms with van der Waals surface area (Å²) in [6, 6.07) is 4.13. The zero-order chi connectivity index (χ0) is 26.6. The summed E-state index contributed by atoms with van der Waals surface area (Å²) in [6.07, 6.45) is 12.1. The van der Waals surface area contributed by atoms with E-state index in [1.54, 1.807) is 22.7 Å². The van der Waals surface area contributed by atoms with Gasteiger partial charge in [-0.05, 0) is 82.6 Å². The van der Waals surface area contributed by atoms with Crippen molar-refractivity contribution in [2.24, 2.45) is 5.92 Å². The Balaban J connectivity index is 1.04. The minimum atomic E-state index is 0.0611. The van der Waals surface area contributed by atoms with Gasteiger partial charge in [0.15, 0.2) is 0 Å². The van der Waals surface area contributed by atoms with E-state index in [0.29, 0.717) is 0 Å². The largest absolute Gasteiger partial charge is 0.351 e. The Morgan fingerprint density at radius 2 is 1.47 bits per heavy atom. The molecule has 0 radical (unpaired) electrons. The Morgan fingerprint density at radius 1 is 0.842 bits per heavy atom. The molecule has 0 saturated carbocycles. The quantitative estimate of drug-likeness (QED) is 0.286. The molecule has 2 aromatic heterocycles. The summed E-state index contributed by atoms with van der Waals surface area (Å²) in [5.41, 5.74) is 1.63. The third kappa shape index (κ3) is 9.47. The molecule has 2 aliphatic rings. The third-order valence-electron chi connectivity index (χ3n) is 7.86. The number of likely N-dealkylation sites (tertiary alicyclic amines) is 2. The third-order valence-corrected chi connectivity index (χ3v) is 9.85. The summed E-state index contributed by atoms with van der Waals surface area (Å²) in [5.74, 6) is 0.901. The zero-order valence-corrected chi connectivity index (χ0v) is 24.8. The first kappa shape index (κ1) is 29.2. The van der Waals surface area contributed by atoms with Crippen LogP contribution in [0.1, 0.15) is 88.8 Å². The number of hydrogen-bond donors (Lipinski definition) is 2. The minimum Gasteiger partial charge on any atom is -0.351 e. The van der Waals surface area contributed by atoms with Crippen molar-refractivity contribution in [2.45, 2.75) is 71.1 Å².